The van der Waals surface area contributed by atoms with E-state index in [2.05, 4.69) is 5.32 Å². The molecule has 104 valence electrons. The van der Waals surface area contributed by atoms with Crippen LogP contribution in [-0.4, -0.2) is 62.9 Å². The molecule has 1 atom stereocenters. The van der Waals surface area contributed by atoms with Crippen LogP contribution in [0.3, 0.4) is 0 Å². The summed E-state index contributed by atoms with van der Waals surface area (Å²) in [6.07, 6.45) is 2.26. The van der Waals surface area contributed by atoms with Gasteiger partial charge in [-0.1, -0.05) is 0 Å². The van der Waals surface area contributed by atoms with Crippen molar-refractivity contribution in [3.63, 3.8) is 0 Å². The Labute approximate surface area is 109 Å². The third-order valence-corrected chi connectivity index (χ3v) is 3.75. The lowest BCUT2D eigenvalue weighted by atomic mass is 10.0. The number of nitrogens with one attached hydrogen (secondary N) is 1. The van der Waals surface area contributed by atoms with Crippen molar-refractivity contribution in [3.05, 3.63) is 0 Å². The lowest BCUT2D eigenvalue weighted by Crippen LogP contribution is -2.59. The number of nitrogens with zero attached hydrogens (tertiary/aromatic N) is 1. The van der Waals surface area contributed by atoms with E-state index < -0.39 is 0 Å². The number of amides is 1. The van der Waals surface area contributed by atoms with Gasteiger partial charge in [-0.15, -0.1) is 0 Å². The molecule has 0 saturated carbocycles. The lowest BCUT2D eigenvalue weighted by molar-refractivity contribution is -0.145. The molecular weight excluding hydrogens is 232 g/mol. The first-order chi connectivity index (χ1) is 8.59. The molecule has 1 amide bonds. The van der Waals surface area contributed by atoms with Crippen LogP contribution in [0.15, 0.2) is 0 Å². The molecule has 2 aliphatic rings. The monoisotopic (exact) mass is 256 g/mol. The van der Waals surface area contributed by atoms with E-state index in [1.54, 1.807) is 4.90 Å². The molecule has 5 nitrogen and oxygen atoms in total. The first-order valence-corrected chi connectivity index (χ1v) is 6.75. The van der Waals surface area contributed by atoms with E-state index in [1.165, 1.54) is 0 Å². The highest BCUT2D eigenvalue weighted by molar-refractivity contribution is 5.77. The van der Waals surface area contributed by atoms with E-state index in [0.29, 0.717) is 5.92 Å². The van der Waals surface area contributed by atoms with Crippen LogP contribution < -0.4 is 5.32 Å². The van der Waals surface area contributed by atoms with Gasteiger partial charge in [0.05, 0.1) is 12.2 Å². The van der Waals surface area contributed by atoms with Gasteiger partial charge in [-0.25, -0.2) is 0 Å². The van der Waals surface area contributed by atoms with Crippen LogP contribution in [0.4, 0.5) is 0 Å². The second kappa shape index (κ2) is 5.99. The van der Waals surface area contributed by atoms with Gasteiger partial charge >= 0.3 is 0 Å². The van der Waals surface area contributed by atoms with Crippen LogP contribution in [0.25, 0.3) is 0 Å². The number of carbonyl (C=O) groups is 1. The van der Waals surface area contributed by atoms with Gasteiger partial charge in [0.1, 0.15) is 6.61 Å². The Morgan fingerprint density at radius 1 is 1.56 bits per heavy atom. The molecule has 2 saturated heterocycles. The summed E-state index contributed by atoms with van der Waals surface area (Å²) < 4.78 is 11.1. The number of carbonyl (C=O) groups excluding carboxylic acids is 1. The minimum Gasteiger partial charge on any atom is -0.381 e. The van der Waals surface area contributed by atoms with Crippen molar-refractivity contribution in [2.75, 3.05) is 46.5 Å². The van der Waals surface area contributed by atoms with E-state index in [0.717, 1.165) is 45.7 Å². The number of likely N-dealkylation sites (N-methyl/N-ethyl adjacent to an activating group) is 1. The molecule has 0 aromatic heterocycles. The third kappa shape index (κ3) is 3.67. The zero-order valence-corrected chi connectivity index (χ0v) is 11.4. The maximum atomic E-state index is 11.9. The largest absolute Gasteiger partial charge is 0.381 e. The number of hydrogen-bond donors (Lipinski definition) is 1. The van der Waals surface area contributed by atoms with Crippen molar-refractivity contribution in [2.24, 2.45) is 5.92 Å². The molecule has 5 heteroatoms. The molecular formula is C13H24N2O3. The van der Waals surface area contributed by atoms with Crippen LogP contribution in [0, 0.1) is 5.92 Å². The smallest absolute Gasteiger partial charge is 0.248 e. The molecule has 2 rings (SSSR count). The van der Waals surface area contributed by atoms with Crippen molar-refractivity contribution < 1.29 is 14.3 Å². The van der Waals surface area contributed by atoms with E-state index in [-0.39, 0.29) is 18.1 Å². The Kier molecular flexibility index (Phi) is 4.59. The predicted molar refractivity (Wildman–Crippen MR) is 68.4 cm³/mol. The third-order valence-electron chi connectivity index (χ3n) is 3.75. The minimum absolute atomic E-state index is 0.0636. The quantitative estimate of drug-likeness (QED) is 0.766. The van der Waals surface area contributed by atoms with Gasteiger partial charge in [0.2, 0.25) is 5.91 Å². The van der Waals surface area contributed by atoms with Gasteiger partial charge in [-0.3, -0.25) is 4.79 Å². The average Bonchev–Trinajstić information content (AvgIpc) is 2.34. The number of hydrogen-bond acceptors (Lipinski definition) is 4. The zero-order chi connectivity index (χ0) is 13.0. The molecule has 18 heavy (non-hydrogen) atoms. The zero-order valence-electron chi connectivity index (χ0n) is 11.4. The van der Waals surface area contributed by atoms with Gasteiger partial charge < -0.3 is 19.7 Å². The summed E-state index contributed by atoms with van der Waals surface area (Å²) in [5, 5.41) is 3.15. The second-order valence-corrected chi connectivity index (χ2v) is 5.70. The maximum absolute atomic E-state index is 11.9. The van der Waals surface area contributed by atoms with Crippen molar-refractivity contribution in [3.8, 4) is 0 Å². The molecule has 0 radical (unpaired) electrons. The maximum Gasteiger partial charge on any atom is 0.248 e. The van der Waals surface area contributed by atoms with E-state index >= 15 is 0 Å². The number of rotatable bonds is 5. The normalized spacial score (nSPS) is 26.4. The summed E-state index contributed by atoms with van der Waals surface area (Å²) in [5.41, 5.74) is -0.148. The Morgan fingerprint density at radius 2 is 2.33 bits per heavy atom. The minimum atomic E-state index is -0.148. The van der Waals surface area contributed by atoms with E-state index in [4.69, 9.17) is 9.47 Å². The van der Waals surface area contributed by atoms with Gasteiger partial charge in [0.25, 0.3) is 0 Å². The highest BCUT2D eigenvalue weighted by Gasteiger charge is 2.33. The highest BCUT2D eigenvalue weighted by Crippen LogP contribution is 2.16. The predicted octanol–water partition coefficient (Wildman–Crippen LogP) is 0.250. The molecule has 0 aliphatic carbocycles. The molecule has 2 heterocycles. The first kappa shape index (κ1) is 13.8. The van der Waals surface area contributed by atoms with Gasteiger partial charge in [0.15, 0.2) is 0 Å². The van der Waals surface area contributed by atoms with Crippen LogP contribution in [0.1, 0.15) is 19.8 Å². The van der Waals surface area contributed by atoms with E-state index in [9.17, 15) is 4.79 Å². The molecule has 0 aromatic rings. The Hall–Kier alpha value is -0.650. The molecule has 1 unspecified atom stereocenters. The summed E-state index contributed by atoms with van der Waals surface area (Å²) >= 11 is 0. The topological polar surface area (TPSA) is 50.8 Å². The van der Waals surface area contributed by atoms with Crippen molar-refractivity contribution in [1.29, 1.82) is 0 Å². The molecule has 2 aliphatic heterocycles. The lowest BCUT2D eigenvalue weighted by Gasteiger charge is -2.39. The van der Waals surface area contributed by atoms with Gasteiger partial charge in [-0.2, -0.15) is 0 Å². The first-order valence-electron chi connectivity index (χ1n) is 6.75. The SMILES string of the molecule is CN(CC1CCCOC1)C(=O)COC1(C)CNC1. The second-order valence-electron chi connectivity index (χ2n) is 5.70. The number of ether oxygens (including phenoxy) is 2. The van der Waals surface area contributed by atoms with Gasteiger partial charge in [0, 0.05) is 33.3 Å². The standard InChI is InChI=1S/C13H24N2O3/c1-13(9-14-10-13)18-8-12(16)15(2)6-11-4-3-5-17-7-11/h11,14H,3-10H2,1-2H3. The fourth-order valence-corrected chi connectivity index (χ4v) is 2.37. The summed E-state index contributed by atoms with van der Waals surface area (Å²) in [4.78, 5) is 13.7. The van der Waals surface area contributed by atoms with Crippen molar-refractivity contribution in [1.82, 2.24) is 10.2 Å². The molecule has 0 bridgehead atoms. The van der Waals surface area contributed by atoms with Crippen LogP contribution in [-0.2, 0) is 14.3 Å². The Balaban J connectivity index is 1.67. The van der Waals surface area contributed by atoms with Crippen LogP contribution in [0.5, 0.6) is 0 Å². The Bertz CT molecular complexity index is 286. The van der Waals surface area contributed by atoms with Crippen LogP contribution >= 0.6 is 0 Å². The molecule has 2 fully saturated rings. The van der Waals surface area contributed by atoms with E-state index in [1.807, 2.05) is 14.0 Å². The van der Waals surface area contributed by atoms with Gasteiger partial charge in [-0.05, 0) is 25.7 Å². The Morgan fingerprint density at radius 3 is 2.89 bits per heavy atom. The summed E-state index contributed by atoms with van der Waals surface area (Å²) in [5.74, 6) is 0.544. The van der Waals surface area contributed by atoms with Crippen molar-refractivity contribution in [2.45, 2.75) is 25.4 Å². The highest BCUT2D eigenvalue weighted by atomic mass is 16.5. The molecule has 0 aromatic carbocycles. The fourth-order valence-electron chi connectivity index (χ4n) is 2.37. The van der Waals surface area contributed by atoms with Crippen LogP contribution in [0.2, 0.25) is 0 Å². The summed E-state index contributed by atoms with van der Waals surface area (Å²) in [6, 6.07) is 0. The molecule has 1 N–H and O–H groups in total. The summed E-state index contributed by atoms with van der Waals surface area (Å²) in [7, 11) is 1.85. The molecule has 0 spiro atoms. The van der Waals surface area contributed by atoms with Crippen molar-refractivity contribution >= 4 is 5.91 Å². The summed E-state index contributed by atoms with van der Waals surface area (Å²) in [6.45, 7) is 6.30. The fraction of sp³-hybridized carbons (Fsp3) is 0.923. The average molecular weight is 256 g/mol.